The van der Waals surface area contributed by atoms with Gasteiger partial charge in [-0.05, 0) is 23.9 Å². The van der Waals surface area contributed by atoms with Crippen molar-refractivity contribution in [2.75, 3.05) is 20.3 Å². The van der Waals surface area contributed by atoms with E-state index in [1.165, 1.54) is 0 Å². The number of aromatic nitrogens is 1. The Balaban J connectivity index is 1.71. The van der Waals surface area contributed by atoms with Crippen LogP contribution in [0.1, 0.15) is 16.9 Å². The van der Waals surface area contributed by atoms with Crippen molar-refractivity contribution in [3.63, 3.8) is 0 Å². The van der Waals surface area contributed by atoms with Crippen LogP contribution in [-0.2, 0) is 9.47 Å². The Bertz CT molecular complexity index is 549. The third-order valence-electron chi connectivity index (χ3n) is 3.40. The highest BCUT2D eigenvalue weighted by Gasteiger charge is 2.27. The van der Waals surface area contributed by atoms with Crippen molar-refractivity contribution in [1.82, 2.24) is 10.3 Å². The smallest absolute Gasteiger partial charge is 0.268 e. The Morgan fingerprint density at radius 2 is 2.53 bits per heavy atom. The summed E-state index contributed by atoms with van der Waals surface area (Å²) >= 11 is 1.62. The number of methoxy groups -OCH3 is 1. The molecule has 5 nitrogen and oxygen atoms in total. The van der Waals surface area contributed by atoms with Crippen LogP contribution in [0.2, 0.25) is 0 Å². The Labute approximate surface area is 114 Å². The number of fused-ring (bicyclic) bond motifs is 1. The van der Waals surface area contributed by atoms with Gasteiger partial charge in [0, 0.05) is 13.7 Å². The van der Waals surface area contributed by atoms with E-state index in [-0.39, 0.29) is 18.1 Å². The molecule has 0 unspecified atom stereocenters. The fourth-order valence-corrected chi connectivity index (χ4v) is 3.13. The number of thiophene rings is 1. The lowest BCUT2D eigenvalue weighted by Crippen LogP contribution is -2.50. The van der Waals surface area contributed by atoms with E-state index in [1.54, 1.807) is 18.4 Å². The maximum absolute atomic E-state index is 12.2. The number of rotatable bonds is 3. The molecule has 1 saturated heterocycles. The molecule has 2 aromatic heterocycles. The van der Waals surface area contributed by atoms with E-state index < -0.39 is 0 Å². The van der Waals surface area contributed by atoms with E-state index >= 15 is 0 Å². The van der Waals surface area contributed by atoms with Crippen molar-refractivity contribution in [1.29, 1.82) is 0 Å². The Morgan fingerprint density at radius 3 is 3.32 bits per heavy atom. The molecule has 19 heavy (non-hydrogen) atoms. The second kappa shape index (κ2) is 5.32. The van der Waals surface area contributed by atoms with E-state index in [4.69, 9.17) is 9.47 Å². The van der Waals surface area contributed by atoms with Gasteiger partial charge in [-0.1, -0.05) is 0 Å². The first-order chi connectivity index (χ1) is 9.28. The molecule has 1 aliphatic rings. The van der Waals surface area contributed by atoms with Gasteiger partial charge in [0.1, 0.15) is 5.69 Å². The average molecular weight is 280 g/mol. The molecule has 102 valence electrons. The van der Waals surface area contributed by atoms with Crippen LogP contribution in [0.3, 0.4) is 0 Å². The number of carbonyl (C=O) groups is 1. The summed E-state index contributed by atoms with van der Waals surface area (Å²) in [4.78, 5) is 15.3. The van der Waals surface area contributed by atoms with Gasteiger partial charge in [-0.3, -0.25) is 4.79 Å². The Morgan fingerprint density at radius 1 is 1.63 bits per heavy atom. The molecule has 0 spiro atoms. The first kappa shape index (κ1) is 12.7. The summed E-state index contributed by atoms with van der Waals surface area (Å²) in [6.45, 7) is 1.18. The highest BCUT2D eigenvalue weighted by molar-refractivity contribution is 7.17. The van der Waals surface area contributed by atoms with Gasteiger partial charge in [0.2, 0.25) is 0 Å². The summed E-state index contributed by atoms with van der Waals surface area (Å²) in [5.41, 5.74) is 1.58. The predicted octanol–water partition coefficient (Wildman–Crippen LogP) is 1.76. The van der Waals surface area contributed by atoms with Crippen LogP contribution in [-0.4, -0.2) is 43.4 Å². The Hall–Kier alpha value is -1.37. The molecule has 0 bridgehead atoms. The maximum Gasteiger partial charge on any atom is 0.268 e. The summed E-state index contributed by atoms with van der Waals surface area (Å²) in [6.07, 6.45) is 0.829. The maximum atomic E-state index is 12.2. The van der Waals surface area contributed by atoms with E-state index in [9.17, 15) is 4.79 Å². The molecule has 1 aliphatic heterocycles. The zero-order chi connectivity index (χ0) is 13.2. The van der Waals surface area contributed by atoms with E-state index in [0.29, 0.717) is 18.9 Å². The third kappa shape index (κ3) is 2.51. The summed E-state index contributed by atoms with van der Waals surface area (Å²) in [7, 11) is 1.67. The van der Waals surface area contributed by atoms with Crippen molar-refractivity contribution < 1.29 is 14.3 Å². The lowest BCUT2D eigenvalue weighted by molar-refractivity contribution is -0.0349. The van der Waals surface area contributed by atoms with Gasteiger partial charge in [-0.25, -0.2) is 0 Å². The zero-order valence-corrected chi connectivity index (χ0v) is 11.5. The normalized spacial score (nSPS) is 23.6. The average Bonchev–Trinajstić information content (AvgIpc) is 3.00. The molecule has 6 heteroatoms. The summed E-state index contributed by atoms with van der Waals surface area (Å²) in [5.74, 6) is -0.110. The number of H-pyrrole nitrogens is 1. The number of hydrogen-bond acceptors (Lipinski definition) is 4. The predicted molar refractivity (Wildman–Crippen MR) is 73.7 cm³/mol. The standard InChI is InChI=1S/C13H16N2O3S/c1-17-11-2-4-18-7-10(11)15-13(16)9-6-12-8(14-9)3-5-19-12/h3,5-6,10-11,14H,2,4,7H2,1H3,(H,15,16)/t10-,11-/m1/s1. The van der Waals surface area contributed by atoms with E-state index in [1.807, 2.05) is 17.5 Å². The van der Waals surface area contributed by atoms with Crippen LogP contribution in [0.15, 0.2) is 17.5 Å². The number of amides is 1. The highest BCUT2D eigenvalue weighted by Crippen LogP contribution is 2.21. The third-order valence-corrected chi connectivity index (χ3v) is 4.26. The van der Waals surface area contributed by atoms with E-state index in [2.05, 4.69) is 10.3 Å². The fraction of sp³-hybridized carbons (Fsp3) is 0.462. The topological polar surface area (TPSA) is 63.4 Å². The minimum atomic E-state index is -0.110. The fourth-order valence-electron chi connectivity index (χ4n) is 2.35. The van der Waals surface area contributed by atoms with Gasteiger partial charge in [0.15, 0.2) is 0 Å². The van der Waals surface area contributed by atoms with Crippen LogP contribution in [0.4, 0.5) is 0 Å². The van der Waals surface area contributed by atoms with E-state index in [0.717, 1.165) is 16.6 Å². The van der Waals surface area contributed by atoms with Gasteiger partial charge in [0.05, 0.1) is 29.0 Å². The second-order valence-electron chi connectivity index (χ2n) is 4.60. The van der Waals surface area contributed by atoms with Crippen LogP contribution in [0.5, 0.6) is 0 Å². The van der Waals surface area contributed by atoms with Crippen molar-refractivity contribution in [2.45, 2.75) is 18.6 Å². The SMILES string of the molecule is CO[C@@H]1CCOC[C@H]1NC(=O)c1cc2sccc2[nH]1. The summed E-state index contributed by atoms with van der Waals surface area (Å²) in [6, 6.07) is 3.76. The molecular weight excluding hydrogens is 264 g/mol. The molecule has 2 aromatic rings. The molecule has 3 rings (SSSR count). The molecule has 1 amide bonds. The number of carbonyl (C=O) groups excluding carboxylic acids is 1. The molecule has 2 atom stereocenters. The van der Waals surface area contributed by atoms with Crippen molar-refractivity contribution >= 4 is 27.5 Å². The largest absolute Gasteiger partial charge is 0.379 e. The van der Waals surface area contributed by atoms with Crippen LogP contribution in [0.25, 0.3) is 10.2 Å². The molecule has 2 N–H and O–H groups in total. The molecule has 0 aromatic carbocycles. The van der Waals surface area contributed by atoms with Crippen molar-refractivity contribution in [3.05, 3.63) is 23.2 Å². The quantitative estimate of drug-likeness (QED) is 0.900. The number of ether oxygens (including phenoxy) is 2. The van der Waals surface area contributed by atoms with Crippen LogP contribution in [0, 0.1) is 0 Å². The minimum absolute atomic E-state index is 0.0220. The van der Waals surface area contributed by atoms with Crippen molar-refractivity contribution in [2.24, 2.45) is 0 Å². The number of aromatic amines is 1. The first-order valence-electron chi connectivity index (χ1n) is 6.25. The molecule has 0 aliphatic carbocycles. The molecular formula is C13H16N2O3S. The molecule has 0 saturated carbocycles. The monoisotopic (exact) mass is 280 g/mol. The highest BCUT2D eigenvalue weighted by atomic mass is 32.1. The second-order valence-corrected chi connectivity index (χ2v) is 5.55. The van der Waals surface area contributed by atoms with Gasteiger partial charge in [-0.15, -0.1) is 11.3 Å². The first-order valence-corrected chi connectivity index (χ1v) is 7.13. The molecule has 3 heterocycles. The van der Waals surface area contributed by atoms with Gasteiger partial charge < -0.3 is 19.8 Å². The summed E-state index contributed by atoms with van der Waals surface area (Å²) in [5, 5.41) is 4.97. The van der Waals surface area contributed by atoms with Gasteiger partial charge in [0.25, 0.3) is 5.91 Å². The zero-order valence-electron chi connectivity index (χ0n) is 10.6. The van der Waals surface area contributed by atoms with Gasteiger partial charge >= 0.3 is 0 Å². The summed E-state index contributed by atoms with van der Waals surface area (Å²) < 4.78 is 11.9. The van der Waals surface area contributed by atoms with Gasteiger partial charge in [-0.2, -0.15) is 0 Å². The minimum Gasteiger partial charge on any atom is -0.379 e. The van der Waals surface area contributed by atoms with Crippen molar-refractivity contribution in [3.8, 4) is 0 Å². The van der Waals surface area contributed by atoms with Crippen LogP contribution >= 0.6 is 11.3 Å². The molecule has 1 fully saturated rings. The lowest BCUT2D eigenvalue weighted by atomic mass is 10.1. The lowest BCUT2D eigenvalue weighted by Gasteiger charge is -2.30. The van der Waals surface area contributed by atoms with Crippen LogP contribution < -0.4 is 5.32 Å². The number of nitrogens with one attached hydrogen (secondary N) is 2. The molecule has 0 radical (unpaired) electrons. The number of hydrogen-bond donors (Lipinski definition) is 2. The Kier molecular flexibility index (Phi) is 3.54.